The van der Waals surface area contributed by atoms with Gasteiger partial charge in [-0.3, -0.25) is 9.59 Å². The van der Waals surface area contributed by atoms with Crippen molar-refractivity contribution in [3.8, 4) is 0 Å². The van der Waals surface area contributed by atoms with Crippen molar-refractivity contribution >= 4 is 28.3 Å². The van der Waals surface area contributed by atoms with Gasteiger partial charge in [0.05, 0.1) is 12.1 Å². The summed E-state index contributed by atoms with van der Waals surface area (Å²) in [5, 5.41) is 11.5. The summed E-state index contributed by atoms with van der Waals surface area (Å²) in [7, 11) is 0. The molecule has 0 saturated carbocycles. The molecular weight excluding hydrogens is 312 g/mol. The van der Waals surface area contributed by atoms with Crippen LogP contribution in [0.1, 0.15) is 39.3 Å². The smallest absolute Gasteiger partial charge is 0.231 e. The number of thiazole rings is 1. The second-order valence-electron chi connectivity index (χ2n) is 7.04. The van der Waals surface area contributed by atoms with Gasteiger partial charge in [-0.25, -0.2) is 4.98 Å². The molecule has 0 radical (unpaired) electrons. The summed E-state index contributed by atoms with van der Waals surface area (Å²) in [6.45, 7) is 8.31. The molecule has 23 heavy (non-hydrogen) atoms. The summed E-state index contributed by atoms with van der Waals surface area (Å²) in [5.41, 5.74) is 0.232. The van der Waals surface area contributed by atoms with Crippen molar-refractivity contribution in [2.45, 2.75) is 40.0 Å². The van der Waals surface area contributed by atoms with Crippen LogP contribution in [0.3, 0.4) is 0 Å². The molecule has 1 aromatic rings. The largest absolute Gasteiger partial charge is 0.355 e. The number of anilines is 1. The van der Waals surface area contributed by atoms with E-state index in [0.717, 1.165) is 19.5 Å². The quantitative estimate of drug-likeness (QED) is 0.764. The summed E-state index contributed by atoms with van der Waals surface area (Å²) in [6.07, 6.45) is 2.58. The fourth-order valence-electron chi connectivity index (χ4n) is 2.31. The van der Waals surface area contributed by atoms with Crippen molar-refractivity contribution in [3.63, 3.8) is 0 Å². The van der Waals surface area contributed by atoms with Gasteiger partial charge in [0.25, 0.3) is 0 Å². The standard InChI is InChI=1S/C16H26N4O2S/c1-16(2,3)14(22)20-15-19-12(10-23-15)7-13(21)18-9-11-5-4-6-17-8-11/h10-11,17H,4-9H2,1-3H3,(H,18,21)(H,19,20,22). The Bertz CT molecular complexity index is 545. The van der Waals surface area contributed by atoms with Gasteiger partial charge < -0.3 is 16.0 Å². The zero-order valence-electron chi connectivity index (χ0n) is 14.1. The van der Waals surface area contributed by atoms with E-state index in [0.29, 0.717) is 23.3 Å². The highest BCUT2D eigenvalue weighted by Crippen LogP contribution is 2.20. The average molecular weight is 338 g/mol. The molecule has 2 heterocycles. The Kier molecular flexibility index (Phi) is 6.12. The van der Waals surface area contributed by atoms with Crippen LogP contribution in [0.2, 0.25) is 0 Å². The molecule has 0 bridgehead atoms. The number of rotatable bonds is 5. The number of piperidine rings is 1. The van der Waals surface area contributed by atoms with E-state index >= 15 is 0 Å². The van der Waals surface area contributed by atoms with E-state index in [1.54, 1.807) is 0 Å². The lowest BCUT2D eigenvalue weighted by Crippen LogP contribution is -2.38. The number of nitrogens with one attached hydrogen (secondary N) is 3. The van der Waals surface area contributed by atoms with E-state index in [9.17, 15) is 9.59 Å². The maximum atomic E-state index is 12.0. The lowest BCUT2D eigenvalue weighted by atomic mass is 9.96. The lowest BCUT2D eigenvalue weighted by molar-refractivity contribution is -0.123. The highest BCUT2D eigenvalue weighted by molar-refractivity contribution is 7.13. The molecule has 1 aliphatic heterocycles. The highest BCUT2D eigenvalue weighted by Gasteiger charge is 2.22. The van der Waals surface area contributed by atoms with E-state index in [4.69, 9.17) is 0 Å². The minimum Gasteiger partial charge on any atom is -0.355 e. The van der Waals surface area contributed by atoms with E-state index in [2.05, 4.69) is 20.9 Å². The van der Waals surface area contributed by atoms with Crippen molar-refractivity contribution in [2.24, 2.45) is 11.3 Å². The van der Waals surface area contributed by atoms with Crippen molar-refractivity contribution in [1.82, 2.24) is 15.6 Å². The molecule has 128 valence electrons. The first kappa shape index (κ1) is 17.9. The normalized spacial score (nSPS) is 18.5. The van der Waals surface area contributed by atoms with Crippen LogP contribution in [0, 0.1) is 11.3 Å². The molecule has 2 rings (SSSR count). The average Bonchev–Trinajstić information content (AvgIpc) is 2.92. The fourth-order valence-corrected chi connectivity index (χ4v) is 3.02. The van der Waals surface area contributed by atoms with E-state index < -0.39 is 5.41 Å². The minimum absolute atomic E-state index is 0.0189. The summed E-state index contributed by atoms with van der Waals surface area (Å²) in [4.78, 5) is 28.2. The molecule has 0 aliphatic carbocycles. The SMILES string of the molecule is CC(C)(C)C(=O)Nc1nc(CC(=O)NCC2CCCNC2)cs1. The van der Waals surface area contributed by atoms with Gasteiger partial charge in [0, 0.05) is 17.3 Å². The van der Waals surface area contributed by atoms with Crippen LogP contribution in [0.5, 0.6) is 0 Å². The molecule has 6 nitrogen and oxygen atoms in total. The second-order valence-corrected chi connectivity index (χ2v) is 7.90. The number of amides is 2. The molecule has 3 N–H and O–H groups in total. The van der Waals surface area contributed by atoms with Crippen LogP contribution in [-0.2, 0) is 16.0 Å². The van der Waals surface area contributed by atoms with Crippen molar-refractivity contribution in [2.75, 3.05) is 25.0 Å². The van der Waals surface area contributed by atoms with Crippen LogP contribution in [0.15, 0.2) is 5.38 Å². The first-order valence-corrected chi connectivity index (χ1v) is 8.96. The Labute approximate surface area is 141 Å². The van der Waals surface area contributed by atoms with Gasteiger partial charge in [0.15, 0.2) is 5.13 Å². The molecule has 1 atom stereocenters. The monoisotopic (exact) mass is 338 g/mol. The molecule has 1 unspecified atom stereocenters. The third-order valence-electron chi connectivity index (χ3n) is 3.78. The van der Waals surface area contributed by atoms with Crippen molar-refractivity contribution in [3.05, 3.63) is 11.1 Å². The van der Waals surface area contributed by atoms with Gasteiger partial charge in [-0.1, -0.05) is 20.8 Å². The molecule has 7 heteroatoms. The van der Waals surface area contributed by atoms with Crippen LogP contribution >= 0.6 is 11.3 Å². The topological polar surface area (TPSA) is 83.1 Å². The van der Waals surface area contributed by atoms with Crippen LogP contribution in [-0.4, -0.2) is 36.4 Å². The number of carbonyl (C=O) groups is 2. The zero-order chi connectivity index (χ0) is 16.9. The van der Waals surface area contributed by atoms with E-state index in [-0.39, 0.29) is 18.2 Å². The molecule has 1 aliphatic rings. The Morgan fingerprint density at radius 3 is 2.87 bits per heavy atom. The van der Waals surface area contributed by atoms with Gasteiger partial charge >= 0.3 is 0 Å². The van der Waals surface area contributed by atoms with Crippen LogP contribution < -0.4 is 16.0 Å². The van der Waals surface area contributed by atoms with Gasteiger partial charge in [-0.15, -0.1) is 11.3 Å². The molecule has 2 amide bonds. The number of aromatic nitrogens is 1. The predicted molar refractivity (Wildman–Crippen MR) is 92.5 cm³/mol. The number of hydrogen-bond acceptors (Lipinski definition) is 5. The maximum absolute atomic E-state index is 12.0. The van der Waals surface area contributed by atoms with Gasteiger partial charge in [-0.05, 0) is 31.8 Å². The Balaban J connectivity index is 1.77. The number of carbonyl (C=O) groups excluding carboxylic acids is 2. The fraction of sp³-hybridized carbons (Fsp3) is 0.688. The Morgan fingerprint density at radius 1 is 1.43 bits per heavy atom. The van der Waals surface area contributed by atoms with E-state index in [1.807, 2.05) is 26.2 Å². The zero-order valence-corrected chi connectivity index (χ0v) is 14.9. The molecule has 1 fully saturated rings. The van der Waals surface area contributed by atoms with Crippen LogP contribution in [0.4, 0.5) is 5.13 Å². The Morgan fingerprint density at radius 2 is 2.22 bits per heavy atom. The molecule has 0 spiro atoms. The molecule has 0 aromatic carbocycles. The van der Waals surface area contributed by atoms with Crippen LogP contribution in [0.25, 0.3) is 0 Å². The van der Waals surface area contributed by atoms with E-state index in [1.165, 1.54) is 17.8 Å². The lowest BCUT2D eigenvalue weighted by Gasteiger charge is -2.22. The molecule has 1 saturated heterocycles. The second kappa shape index (κ2) is 7.88. The summed E-state index contributed by atoms with van der Waals surface area (Å²) >= 11 is 1.35. The van der Waals surface area contributed by atoms with Gasteiger partial charge in [-0.2, -0.15) is 0 Å². The number of hydrogen-bond donors (Lipinski definition) is 3. The molecule has 1 aromatic heterocycles. The van der Waals surface area contributed by atoms with Crippen molar-refractivity contribution < 1.29 is 9.59 Å². The summed E-state index contributed by atoms with van der Waals surface area (Å²) in [5.74, 6) is 0.423. The van der Waals surface area contributed by atoms with Crippen molar-refractivity contribution in [1.29, 1.82) is 0 Å². The number of nitrogens with zero attached hydrogens (tertiary/aromatic N) is 1. The summed E-state index contributed by atoms with van der Waals surface area (Å²) in [6, 6.07) is 0. The third-order valence-corrected chi connectivity index (χ3v) is 4.59. The summed E-state index contributed by atoms with van der Waals surface area (Å²) < 4.78 is 0. The third kappa shape index (κ3) is 5.91. The van der Waals surface area contributed by atoms with Gasteiger partial charge in [0.2, 0.25) is 11.8 Å². The predicted octanol–water partition coefficient (Wildman–Crippen LogP) is 1.79. The highest BCUT2D eigenvalue weighted by atomic mass is 32.1. The van der Waals surface area contributed by atoms with Gasteiger partial charge in [0.1, 0.15) is 0 Å². The molecular formula is C16H26N4O2S. The minimum atomic E-state index is -0.461. The first-order valence-electron chi connectivity index (χ1n) is 8.08. The first-order chi connectivity index (χ1) is 10.8. The maximum Gasteiger partial charge on any atom is 0.231 e. The Hall–Kier alpha value is -1.47.